The van der Waals surface area contributed by atoms with Crippen LogP contribution in [-0.2, 0) is 9.47 Å². The quantitative estimate of drug-likeness (QED) is 0.386. The van der Waals surface area contributed by atoms with Gasteiger partial charge in [0.25, 0.3) is 5.69 Å². The van der Waals surface area contributed by atoms with Crippen molar-refractivity contribution >= 4 is 17.5 Å². The van der Waals surface area contributed by atoms with Gasteiger partial charge in [-0.1, -0.05) is 0 Å². The van der Waals surface area contributed by atoms with Crippen molar-refractivity contribution < 1.29 is 19.2 Å². The largest absolute Gasteiger partial charge is 0.508 e. The Hall–Kier alpha value is -2.31. The van der Waals surface area contributed by atoms with Gasteiger partial charge >= 0.3 is 6.16 Å². The lowest BCUT2D eigenvalue weighted by atomic mass is 10.2. The summed E-state index contributed by atoms with van der Waals surface area (Å²) in [6.45, 7) is 5.79. The fourth-order valence-corrected chi connectivity index (χ4v) is 1.31. The molecule has 1 N–H and O–H groups in total. The van der Waals surface area contributed by atoms with Crippen LogP contribution in [0.2, 0.25) is 0 Å². The molecule has 0 aliphatic carbocycles. The van der Waals surface area contributed by atoms with Crippen LogP contribution in [0.3, 0.4) is 0 Å². The summed E-state index contributed by atoms with van der Waals surface area (Å²) in [5.41, 5.74) is 0.159. The summed E-state index contributed by atoms with van der Waals surface area (Å²) >= 11 is 0. The third-order valence-corrected chi connectivity index (χ3v) is 2.12. The average Bonchev–Trinajstić information content (AvgIpc) is 2.33. The van der Waals surface area contributed by atoms with Gasteiger partial charge in [-0.05, 0) is 32.9 Å². The van der Waals surface area contributed by atoms with Gasteiger partial charge in [0.05, 0.1) is 4.92 Å². The van der Waals surface area contributed by atoms with E-state index in [0.717, 1.165) is 0 Å². The molecule has 1 aromatic carbocycles. The summed E-state index contributed by atoms with van der Waals surface area (Å²) in [5.74, 6) is 0. The highest BCUT2D eigenvalue weighted by Gasteiger charge is 2.16. The molecule has 0 fully saturated rings. The number of ether oxygens (including phenoxy) is 2. The predicted molar refractivity (Wildman–Crippen MR) is 73.8 cm³/mol. The van der Waals surface area contributed by atoms with Crippen LogP contribution in [0.25, 0.3) is 0 Å². The normalized spacial score (nSPS) is 10.8. The molecule has 0 aliphatic rings. The van der Waals surface area contributed by atoms with E-state index in [9.17, 15) is 14.9 Å². The fraction of sp³-hybridized carbons (Fsp3) is 0.462. The van der Waals surface area contributed by atoms with E-state index in [-0.39, 0.29) is 12.3 Å². The molecule has 0 saturated carbocycles. The number of carbonyl (C=O) groups excluding carboxylic acids is 1. The molecule has 0 unspecified atom stereocenters. The molecule has 7 nitrogen and oxygen atoms in total. The molecule has 0 spiro atoms. The van der Waals surface area contributed by atoms with Crippen LogP contribution >= 0.6 is 0 Å². The molecule has 0 saturated heterocycles. The van der Waals surface area contributed by atoms with Crippen LogP contribution in [0.1, 0.15) is 20.8 Å². The Kier molecular flexibility index (Phi) is 5.31. The first-order chi connectivity index (χ1) is 9.28. The average molecular weight is 282 g/mol. The van der Waals surface area contributed by atoms with E-state index >= 15 is 0 Å². The van der Waals surface area contributed by atoms with Crippen molar-refractivity contribution in [3.05, 3.63) is 34.4 Å². The zero-order valence-electron chi connectivity index (χ0n) is 11.7. The molecule has 1 aromatic rings. The van der Waals surface area contributed by atoms with Crippen molar-refractivity contribution in [1.29, 1.82) is 0 Å². The van der Waals surface area contributed by atoms with Crippen LogP contribution in [0.5, 0.6) is 0 Å². The monoisotopic (exact) mass is 282 g/mol. The van der Waals surface area contributed by atoms with Gasteiger partial charge in [0.1, 0.15) is 12.2 Å². The minimum absolute atomic E-state index is 0.0283. The molecule has 0 bridgehead atoms. The fourth-order valence-electron chi connectivity index (χ4n) is 1.31. The number of nitrogens with zero attached hydrogens (tertiary/aromatic N) is 1. The molecule has 0 amide bonds. The number of hydrogen-bond donors (Lipinski definition) is 1. The number of benzene rings is 1. The number of nitro benzene ring substituents is 1. The van der Waals surface area contributed by atoms with Crippen molar-refractivity contribution in [2.45, 2.75) is 26.4 Å². The minimum Gasteiger partial charge on any atom is -0.432 e. The number of hydrogen-bond acceptors (Lipinski definition) is 6. The first kappa shape index (κ1) is 15.7. The highest BCUT2D eigenvalue weighted by Crippen LogP contribution is 2.15. The lowest BCUT2D eigenvalue weighted by Gasteiger charge is -2.18. The third-order valence-electron chi connectivity index (χ3n) is 2.12. The molecular formula is C13H18N2O5. The number of rotatable bonds is 5. The van der Waals surface area contributed by atoms with Crippen LogP contribution in [0, 0.1) is 10.1 Å². The lowest BCUT2D eigenvalue weighted by Crippen LogP contribution is -2.25. The molecule has 0 radical (unpaired) electrons. The van der Waals surface area contributed by atoms with E-state index in [1.165, 1.54) is 12.1 Å². The Labute approximate surface area is 117 Å². The maximum Gasteiger partial charge on any atom is 0.508 e. The molecule has 0 aliphatic heterocycles. The zero-order valence-corrected chi connectivity index (χ0v) is 11.7. The van der Waals surface area contributed by atoms with E-state index in [0.29, 0.717) is 12.2 Å². The van der Waals surface area contributed by atoms with Crippen molar-refractivity contribution in [3.63, 3.8) is 0 Å². The number of non-ortho nitro benzene ring substituents is 1. The summed E-state index contributed by atoms with van der Waals surface area (Å²) in [4.78, 5) is 21.3. The van der Waals surface area contributed by atoms with Crippen LogP contribution in [-0.4, -0.2) is 29.8 Å². The van der Waals surface area contributed by atoms with Gasteiger partial charge in [-0.15, -0.1) is 0 Å². The molecule has 0 heterocycles. The van der Waals surface area contributed by atoms with Gasteiger partial charge in [-0.25, -0.2) is 4.79 Å². The third kappa shape index (κ3) is 6.03. The van der Waals surface area contributed by atoms with Crippen LogP contribution in [0.4, 0.5) is 16.2 Å². The number of nitro groups is 1. The predicted octanol–water partition coefficient (Wildman–Crippen LogP) is 2.96. The van der Waals surface area contributed by atoms with E-state index in [1.54, 1.807) is 32.9 Å². The van der Waals surface area contributed by atoms with Crippen molar-refractivity contribution in [2.75, 3.05) is 18.5 Å². The van der Waals surface area contributed by atoms with Gasteiger partial charge in [-0.2, -0.15) is 0 Å². The number of carbonyl (C=O) groups is 1. The second-order valence-electron chi connectivity index (χ2n) is 5.04. The smallest absolute Gasteiger partial charge is 0.432 e. The molecule has 110 valence electrons. The summed E-state index contributed by atoms with van der Waals surface area (Å²) in [7, 11) is 0. The van der Waals surface area contributed by atoms with Gasteiger partial charge in [-0.3, -0.25) is 10.1 Å². The highest BCUT2D eigenvalue weighted by molar-refractivity contribution is 5.60. The Morgan fingerprint density at radius 1 is 1.30 bits per heavy atom. The van der Waals surface area contributed by atoms with Gasteiger partial charge in [0, 0.05) is 24.4 Å². The standard InChI is InChI=1S/C13H18N2O5/c1-13(2,3)20-12(16)19-9-8-14-10-4-6-11(7-5-10)15(17)18/h4-7,14H,8-9H2,1-3H3. The Balaban J connectivity index is 2.27. The van der Waals surface area contributed by atoms with E-state index in [2.05, 4.69) is 5.32 Å². The maximum absolute atomic E-state index is 11.2. The Bertz CT molecular complexity index is 465. The van der Waals surface area contributed by atoms with Crippen molar-refractivity contribution in [3.8, 4) is 0 Å². The zero-order chi connectivity index (χ0) is 15.2. The molecule has 7 heteroatoms. The highest BCUT2D eigenvalue weighted by atomic mass is 16.7. The first-order valence-electron chi connectivity index (χ1n) is 6.12. The van der Waals surface area contributed by atoms with Crippen LogP contribution in [0.15, 0.2) is 24.3 Å². The van der Waals surface area contributed by atoms with Gasteiger partial charge in [0.15, 0.2) is 0 Å². The molecule has 20 heavy (non-hydrogen) atoms. The Morgan fingerprint density at radius 3 is 2.40 bits per heavy atom. The van der Waals surface area contributed by atoms with E-state index < -0.39 is 16.7 Å². The van der Waals surface area contributed by atoms with E-state index in [4.69, 9.17) is 9.47 Å². The van der Waals surface area contributed by atoms with Crippen LogP contribution < -0.4 is 5.32 Å². The summed E-state index contributed by atoms with van der Waals surface area (Å²) in [5, 5.41) is 13.4. The molecule has 0 aromatic heterocycles. The summed E-state index contributed by atoms with van der Waals surface area (Å²) < 4.78 is 9.84. The summed E-state index contributed by atoms with van der Waals surface area (Å²) in [6, 6.07) is 5.98. The minimum atomic E-state index is -0.719. The Morgan fingerprint density at radius 2 is 1.90 bits per heavy atom. The van der Waals surface area contributed by atoms with Gasteiger partial charge < -0.3 is 14.8 Å². The number of nitrogens with one attached hydrogen (secondary N) is 1. The second-order valence-corrected chi connectivity index (χ2v) is 5.04. The maximum atomic E-state index is 11.2. The summed E-state index contributed by atoms with van der Waals surface area (Å²) in [6.07, 6.45) is -0.719. The number of anilines is 1. The molecule has 1 rings (SSSR count). The lowest BCUT2D eigenvalue weighted by molar-refractivity contribution is -0.384. The molecule has 0 atom stereocenters. The van der Waals surface area contributed by atoms with E-state index in [1.807, 2.05) is 0 Å². The molecular weight excluding hydrogens is 264 g/mol. The first-order valence-corrected chi connectivity index (χ1v) is 6.12. The van der Waals surface area contributed by atoms with Crippen molar-refractivity contribution in [2.24, 2.45) is 0 Å². The SMILES string of the molecule is CC(C)(C)OC(=O)OCCNc1ccc([N+](=O)[O-])cc1. The van der Waals surface area contributed by atoms with Crippen molar-refractivity contribution in [1.82, 2.24) is 0 Å². The topological polar surface area (TPSA) is 90.7 Å². The second kappa shape index (κ2) is 6.74. The van der Waals surface area contributed by atoms with Gasteiger partial charge in [0.2, 0.25) is 0 Å².